The first-order chi connectivity index (χ1) is 20.4. The van der Waals surface area contributed by atoms with Gasteiger partial charge in [-0.3, -0.25) is 19.7 Å². The fourth-order valence-corrected chi connectivity index (χ4v) is 5.99. The third-order valence-electron chi connectivity index (χ3n) is 7.74. The monoisotopic (exact) mass is 561 g/mol. The van der Waals surface area contributed by atoms with Crippen molar-refractivity contribution < 1.29 is 9.18 Å². The van der Waals surface area contributed by atoms with Gasteiger partial charge in [0.05, 0.1) is 28.6 Å². The van der Waals surface area contributed by atoms with Crippen molar-refractivity contribution in [3.8, 4) is 28.2 Å². The van der Waals surface area contributed by atoms with Crippen LogP contribution in [-0.2, 0) is 11.3 Å². The fraction of sp³-hybridized carbons (Fsp3) is 0.212. The molecule has 0 aliphatic carbocycles. The summed E-state index contributed by atoms with van der Waals surface area (Å²) in [6.07, 6.45) is 7.34. The first kappa shape index (κ1) is 27.3. The van der Waals surface area contributed by atoms with Crippen molar-refractivity contribution in [3.05, 3.63) is 103 Å². The van der Waals surface area contributed by atoms with Crippen LogP contribution in [0.4, 0.5) is 10.2 Å². The topological polar surface area (TPSA) is 93.2 Å². The first-order valence-corrected chi connectivity index (χ1v) is 13.8. The number of fused-ring (bicyclic) bond motifs is 1. The Kier molecular flexibility index (Phi) is 7.26. The van der Waals surface area contributed by atoms with Crippen LogP contribution in [0.15, 0.2) is 91.9 Å². The molecular weight excluding hydrogens is 529 g/mol. The summed E-state index contributed by atoms with van der Waals surface area (Å²) < 4.78 is 15.6. The number of aromatic nitrogens is 4. The number of hydrogen-bond acceptors (Lipinski definition) is 6. The smallest absolute Gasteiger partial charge is 0.209 e. The molecule has 0 atom stereocenters. The van der Waals surface area contributed by atoms with E-state index in [9.17, 15) is 9.18 Å². The number of anilines is 1. The average Bonchev–Trinajstić information content (AvgIpc) is 3.33. The highest BCUT2D eigenvalue weighted by Crippen LogP contribution is 2.40. The Bertz CT molecular complexity index is 1730. The molecule has 1 amide bonds. The molecule has 0 saturated carbocycles. The maximum absolute atomic E-state index is 13.5. The van der Waals surface area contributed by atoms with Crippen molar-refractivity contribution in [2.75, 3.05) is 31.9 Å². The minimum absolute atomic E-state index is 0.299. The maximum atomic E-state index is 13.5. The second kappa shape index (κ2) is 11.2. The largest absolute Gasteiger partial charge is 0.383 e. The molecule has 0 unspecified atom stereocenters. The molecule has 0 radical (unpaired) electrons. The van der Waals surface area contributed by atoms with Gasteiger partial charge in [0, 0.05) is 67.3 Å². The lowest BCUT2D eigenvalue weighted by Crippen LogP contribution is -2.71. The third kappa shape index (κ3) is 5.14. The summed E-state index contributed by atoms with van der Waals surface area (Å²) in [6, 6.07) is 19.4. The molecule has 2 fully saturated rings. The van der Waals surface area contributed by atoms with Crippen molar-refractivity contribution in [2.24, 2.45) is 5.41 Å². The summed E-state index contributed by atoms with van der Waals surface area (Å²) in [5.41, 5.74) is 13.6. The lowest BCUT2D eigenvalue weighted by Gasteiger charge is -2.59. The van der Waals surface area contributed by atoms with Gasteiger partial charge in [0.1, 0.15) is 11.6 Å². The summed E-state index contributed by atoms with van der Waals surface area (Å²) in [5.74, 6) is 0.0593. The second-order valence-corrected chi connectivity index (χ2v) is 11.0. The average molecular weight is 562 g/mol. The number of likely N-dealkylation sites (tertiary alicyclic amines) is 2. The molecule has 2 aliphatic heterocycles. The molecule has 0 bridgehead atoms. The van der Waals surface area contributed by atoms with Gasteiger partial charge in [0.25, 0.3) is 0 Å². The zero-order chi connectivity index (χ0) is 29.3. The van der Waals surface area contributed by atoms with Crippen LogP contribution in [0.3, 0.4) is 0 Å². The summed E-state index contributed by atoms with van der Waals surface area (Å²) in [4.78, 5) is 28.4. The van der Waals surface area contributed by atoms with E-state index >= 15 is 0 Å². The highest BCUT2D eigenvalue weighted by molar-refractivity contribution is 5.90. The highest BCUT2D eigenvalue weighted by Gasteiger charge is 2.51. The van der Waals surface area contributed by atoms with Crippen molar-refractivity contribution in [1.82, 2.24) is 29.3 Å². The number of carbonyl (C=O) groups excluding carboxylic acids is 1. The van der Waals surface area contributed by atoms with Gasteiger partial charge in [-0.05, 0) is 61.0 Å². The van der Waals surface area contributed by atoms with Crippen LogP contribution in [0.25, 0.3) is 39.2 Å². The van der Waals surface area contributed by atoms with Gasteiger partial charge in [0.15, 0.2) is 0 Å². The summed E-state index contributed by atoms with van der Waals surface area (Å²) in [6.45, 7) is 9.92. The number of carbonyl (C=O) groups is 1. The summed E-state index contributed by atoms with van der Waals surface area (Å²) in [7, 11) is 0. The Morgan fingerprint density at radius 2 is 1.76 bits per heavy atom. The second-order valence-electron chi connectivity index (χ2n) is 11.0. The van der Waals surface area contributed by atoms with Gasteiger partial charge >= 0.3 is 0 Å². The molecule has 7 rings (SSSR count). The number of nitrogens with two attached hydrogens (primary N) is 1. The van der Waals surface area contributed by atoms with E-state index in [2.05, 4.69) is 50.3 Å². The predicted octanol–water partition coefficient (Wildman–Crippen LogP) is 5.34. The van der Waals surface area contributed by atoms with Crippen molar-refractivity contribution in [2.45, 2.75) is 13.5 Å². The summed E-state index contributed by atoms with van der Waals surface area (Å²) in [5, 5.41) is 0. The molecule has 5 aromatic rings. The standard InChI is InChI=1S/C30H26FN7O.C3H6/c31-22-5-8-25(35-13-22)21-10-28-26(34-12-21)11-27(24-2-1-9-33-29(24)32)38(28)23-6-3-20(4-7-23)14-36-15-30(16-36)17-37(18-30)19-39;1-3-2/h1-13,19H,14-18H2,(H2,32,33);3H,1H2,2H3. The Morgan fingerprint density at radius 3 is 2.43 bits per heavy atom. The van der Waals surface area contributed by atoms with Crippen LogP contribution in [0.2, 0.25) is 0 Å². The molecule has 6 heterocycles. The minimum atomic E-state index is -0.380. The fourth-order valence-electron chi connectivity index (χ4n) is 5.99. The molecular formula is C33H32FN7O. The predicted molar refractivity (Wildman–Crippen MR) is 163 cm³/mol. The van der Waals surface area contributed by atoms with Crippen molar-refractivity contribution in [1.29, 1.82) is 0 Å². The van der Waals surface area contributed by atoms with E-state index in [4.69, 9.17) is 10.7 Å². The van der Waals surface area contributed by atoms with Crippen molar-refractivity contribution in [3.63, 3.8) is 0 Å². The molecule has 8 nitrogen and oxygen atoms in total. The van der Waals surface area contributed by atoms with Crippen LogP contribution >= 0.6 is 0 Å². The summed E-state index contributed by atoms with van der Waals surface area (Å²) >= 11 is 0. The molecule has 2 aliphatic rings. The van der Waals surface area contributed by atoms with Crippen LogP contribution in [-0.4, -0.2) is 61.9 Å². The van der Waals surface area contributed by atoms with Crippen LogP contribution in [0.1, 0.15) is 12.5 Å². The van der Waals surface area contributed by atoms with E-state index in [1.807, 2.05) is 36.1 Å². The number of nitrogen functional groups attached to an aromatic ring is 1. The number of nitrogens with zero attached hydrogens (tertiary/aromatic N) is 6. The molecule has 42 heavy (non-hydrogen) atoms. The van der Waals surface area contributed by atoms with Gasteiger partial charge < -0.3 is 15.2 Å². The quantitative estimate of drug-likeness (QED) is 0.222. The van der Waals surface area contributed by atoms with E-state index < -0.39 is 0 Å². The third-order valence-corrected chi connectivity index (χ3v) is 7.74. The number of rotatable bonds is 6. The van der Waals surface area contributed by atoms with E-state index in [-0.39, 0.29) is 5.82 Å². The van der Waals surface area contributed by atoms with Crippen LogP contribution in [0.5, 0.6) is 0 Å². The van der Waals surface area contributed by atoms with Crippen LogP contribution < -0.4 is 5.73 Å². The number of pyridine rings is 3. The van der Waals surface area contributed by atoms with Gasteiger partial charge in [-0.25, -0.2) is 9.37 Å². The van der Waals surface area contributed by atoms with Crippen molar-refractivity contribution >= 4 is 23.3 Å². The molecule has 2 saturated heterocycles. The number of hydrogen-bond donors (Lipinski definition) is 1. The molecule has 212 valence electrons. The highest BCUT2D eigenvalue weighted by atomic mass is 19.1. The Labute approximate surface area is 244 Å². The van der Waals surface area contributed by atoms with Gasteiger partial charge in [-0.2, -0.15) is 0 Å². The van der Waals surface area contributed by atoms with Gasteiger partial charge in [-0.15, -0.1) is 6.58 Å². The maximum Gasteiger partial charge on any atom is 0.209 e. The zero-order valence-electron chi connectivity index (χ0n) is 23.4. The van der Waals surface area contributed by atoms with Gasteiger partial charge in [0.2, 0.25) is 6.41 Å². The molecule has 2 N–H and O–H groups in total. The normalized spacial score (nSPS) is 15.4. The van der Waals surface area contributed by atoms with Crippen LogP contribution in [0, 0.1) is 11.2 Å². The minimum Gasteiger partial charge on any atom is -0.383 e. The zero-order valence-corrected chi connectivity index (χ0v) is 23.4. The molecule has 1 spiro atoms. The van der Waals surface area contributed by atoms with E-state index in [0.29, 0.717) is 16.9 Å². The van der Waals surface area contributed by atoms with E-state index in [1.165, 1.54) is 17.8 Å². The first-order valence-electron chi connectivity index (χ1n) is 13.8. The molecule has 1 aromatic carbocycles. The molecule has 9 heteroatoms. The Morgan fingerprint density at radius 1 is 1.00 bits per heavy atom. The molecule has 4 aromatic heterocycles. The Hall–Kier alpha value is -4.89. The van der Waals surface area contributed by atoms with Gasteiger partial charge in [-0.1, -0.05) is 18.2 Å². The number of halogens is 1. The number of benzene rings is 1. The van der Waals surface area contributed by atoms with E-state index in [0.717, 1.165) is 72.7 Å². The number of amides is 1. The van der Waals surface area contributed by atoms with E-state index in [1.54, 1.807) is 24.5 Å². The number of allylic oxidation sites excluding steroid dienone is 1. The lowest BCUT2D eigenvalue weighted by molar-refractivity contribution is -0.147. The SMILES string of the molecule is C=CC.Nc1ncccc1-c1cc2ncc(-c3ccc(F)cn3)cc2n1-c1ccc(CN2CC3(CN(C=O)C3)C2)cc1. The Balaban J connectivity index is 0.00000101. The lowest BCUT2D eigenvalue weighted by atomic mass is 9.73.